The smallest absolute Gasteiger partial charge is 0.228 e. The number of hydrogen-bond acceptors (Lipinski definition) is 2. The fraction of sp³-hybridized carbons (Fsp3) is 0.867. The van der Waals surface area contributed by atoms with Crippen molar-refractivity contribution in [3.8, 4) is 0 Å². The van der Waals surface area contributed by atoms with Gasteiger partial charge in [0.15, 0.2) is 0 Å². The van der Waals surface area contributed by atoms with Crippen molar-refractivity contribution in [3.63, 3.8) is 0 Å². The average molecular weight is 264 g/mol. The summed E-state index contributed by atoms with van der Waals surface area (Å²) >= 11 is 0. The maximum Gasteiger partial charge on any atom is 0.228 e. The van der Waals surface area contributed by atoms with E-state index in [0.717, 1.165) is 45.3 Å². The first-order valence-electron chi connectivity index (χ1n) is 7.59. The van der Waals surface area contributed by atoms with Gasteiger partial charge >= 0.3 is 0 Å². The molecule has 106 valence electrons. The average Bonchev–Trinajstić information content (AvgIpc) is 2.98. The number of carbonyl (C=O) groups is 2. The minimum absolute atomic E-state index is 0.103. The number of rotatable bonds is 1. The van der Waals surface area contributed by atoms with Gasteiger partial charge in [0, 0.05) is 31.5 Å². The quantitative estimate of drug-likeness (QED) is 0.783. The Balaban J connectivity index is 1.61. The van der Waals surface area contributed by atoms with E-state index in [1.807, 2.05) is 0 Å². The Morgan fingerprint density at radius 3 is 2.32 bits per heavy atom. The summed E-state index contributed by atoms with van der Waals surface area (Å²) in [6.45, 7) is 4.62. The van der Waals surface area contributed by atoms with Gasteiger partial charge in [0.25, 0.3) is 0 Å². The minimum atomic E-state index is -0.103. The zero-order valence-corrected chi connectivity index (χ0v) is 11.8. The topological polar surface area (TPSA) is 49.4 Å². The van der Waals surface area contributed by atoms with Crippen LogP contribution in [0, 0.1) is 10.8 Å². The monoisotopic (exact) mass is 264 g/mol. The molecule has 19 heavy (non-hydrogen) atoms. The predicted molar refractivity (Wildman–Crippen MR) is 72.4 cm³/mol. The number of nitrogens with one attached hydrogen (secondary N) is 1. The lowest BCUT2D eigenvalue weighted by molar-refractivity contribution is -0.143. The lowest BCUT2D eigenvalue weighted by Crippen LogP contribution is -2.48. The zero-order valence-electron chi connectivity index (χ0n) is 11.8. The van der Waals surface area contributed by atoms with Gasteiger partial charge in [-0.15, -0.1) is 0 Å². The van der Waals surface area contributed by atoms with Crippen LogP contribution in [0.25, 0.3) is 0 Å². The molecular weight excluding hydrogens is 240 g/mol. The van der Waals surface area contributed by atoms with Crippen LogP contribution in [-0.2, 0) is 9.59 Å². The van der Waals surface area contributed by atoms with E-state index in [1.54, 1.807) is 0 Å². The van der Waals surface area contributed by atoms with Crippen molar-refractivity contribution in [1.29, 1.82) is 0 Å². The Kier molecular flexibility index (Phi) is 3.06. The normalized spacial score (nSPS) is 28.7. The standard InChI is InChI=1S/C15H24N2O2/c1-14(4-2-3-5-14)13(19)17-8-6-15(7-9-17)10-12(18)16-11-15/h2-11H2,1H3,(H,16,18). The first-order valence-corrected chi connectivity index (χ1v) is 7.59. The molecule has 1 spiro atoms. The van der Waals surface area contributed by atoms with Gasteiger partial charge in [-0.1, -0.05) is 19.8 Å². The van der Waals surface area contributed by atoms with Crippen LogP contribution in [0.4, 0.5) is 0 Å². The summed E-state index contributed by atoms with van der Waals surface area (Å²) in [4.78, 5) is 26.1. The summed E-state index contributed by atoms with van der Waals surface area (Å²) in [7, 11) is 0. The molecule has 0 aromatic carbocycles. The Bertz CT molecular complexity index is 391. The highest BCUT2D eigenvalue weighted by Gasteiger charge is 2.45. The van der Waals surface area contributed by atoms with Crippen molar-refractivity contribution >= 4 is 11.8 Å². The van der Waals surface area contributed by atoms with Crippen molar-refractivity contribution in [1.82, 2.24) is 10.2 Å². The molecule has 0 aromatic rings. The summed E-state index contributed by atoms with van der Waals surface area (Å²) in [6, 6.07) is 0. The summed E-state index contributed by atoms with van der Waals surface area (Å²) in [5.41, 5.74) is 0.0404. The molecule has 2 aliphatic heterocycles. The molecule has 3 fully saturated rings. The van der Waals surface area contributed by atoms with Crippen LogP contribution < -0.4 is 5.32 Å². The SMILES string of the molecule is CC1(C(=O)N2CCC3(CC2)CNC(=O)C3)CCCC1. The van der Waals surface area contributed by atoms with Gasteiger partial charge in [-0.25, -0.2) is 0 Å². The molecule has 3 aliphatic rings. The third-order valence-electron chi connectivity index (χ3n) is 5.53. The molecule has 4 heteroatoms. The molecule has 0 bridgehead atoms. The van der Waals surface area contributed by atoms with Gasteiger partial charge in [0.2, 0.25) is 11.8 Å². The highest BCUT2D eigenvalue weighted by atomic mass is 16.2. The number of carbonyl (C=O) groups excluding carboxylic acids is 2. The summed E-state index contributed by atoms with van der Waals surface area (Å²) in [5.74, 6) is 0.541. The Hall–Kier alpha value is -1.06. The van der Waals surface area contributed by atoms with Crippen molar-refractivity contribution in [2.75, 3.05) is 19.6 Å². The number of amides is 2. The molecular formula is C15H24N2O2. The Labute approximate surface area is 114 Å². The number of likely N-dealkylation sites (tertiary alicyclic amines) is 1. The second-order valence-corrected chi connectivity index (χ2v) is 7.01. The number of hydrogen-bond donors (Lipinski definition) is 1. The molecule has 0 radical (unpaired) electrons. The molecule has 0 unspecified atom stereocenters. The third kappa shape index (κ3) is 2.26. The first kappa shape index (κ1) is 12.9. The van der Waals surface area contributed by atoms with E-state index in [1.165, 1.54) is 12.8 Å². The second-order valence-electron chi connectivity index (χ2n) is 7.01. The van der Waals surface area contributed by atoms with Crippen molar-refractivity contribution in [2.24, 2.45) is 10.8 Å². The third-order valence-corrected chi connectivity index (χ3v) is 5.53. The molecule has 1 saturated carbocycles. The molecule has 4 nitrogen and oxygen atoms in total. The van der Waals surface area contributed by atoms with E-state index in [9.17, 15) is 9.59 Å². The van der Waals surface area contributed by atoms with E-state index in [4.69, 9.17) is 0 Å². The number of nitrogens with zero attached hydrogens (tertiary/aromatic N) is 1. The van der Waals surface area contributed by atoms with Gasteiger partial charge < -0.3 is 10.2 Å². The van der Waals surface area contributed by atoms with Gasteiger partial charge in [0.1, 0.15) is 0 Å². The predicted octanol–water partition coefficient (Wildman–Crippen LogP) is 1.70. The lowest BCUT2D eigenvalue weighted by atomic mass is 9.76. The molecule has 1 aliphatic carbocycles. The fourth-order valence-electron chi connectivity index (χ4n) is 4.04. The van der Waals surface area contributed by atoms with Crippen LogP contribution in [0.3, 0.4) is 0 Å². The molecule has 3 rings (SSSR count). The van der Waals surface area contributed by atoms with Gasteiger partial charge in [0.05, 0.1) is 0 Å². The van der Waals surface area contributed by atoms with E-state index >= 15 is 0 Å². The highest BCUT2D eigenvalue weighted by Crippen LogP contribution is 2.42. The Morgan fingerprint density at radius 1 is 1.16 bits per heavy atom. The number of piperidine rings is 1. The summed E-state index contributed by atoms with van der Waals surface area (Å²) in [6.07, 6.45) is 7.10. The zero-order chi connectivity index (χ0) is 13.5. The van der Waals surface area contributed by atoms with Crippen molar-refractivity contribution in [3.05, 3.63) is 0 Å². The van der Waals surface area contributed by atoms with E-state index in [2.05, 4.69) is 17.1 Å². The summed E-state index contributed by atoms with van der Waals surface area (Å²) in [5, 5.41) is 2.94. The van der Waals surface area contributed by atoms with Gasteiger partial charge in [-0.3, -0.25) is 9.59 Å². The molecule has 2 saturated heterocycles. The van der Waals surface area contributed by atoms with Crippen LogP contribution >= 0.6 is 0 Å². The fourth-order valence-corrected chi connectivity index (χ4v) is 4.04. The molecule has 0 atom stereocenters. The summed E-state index contributed by atoms with van der Waals surface area (Å²) < 4.78 is 0. The van der Waals surface area contributed by atoms with E-state index in [0.29, 0.717) is 12.3 Å². The first-order chi connectivity index (χ1) is 9.03. The van der Waals surface area contributed by atoms with Crippen LogP contribution in [0.5, 0.6) is 0 Å². The van der Waals surface area contributed by atoms with Crippen LogP contribution in [0.1, 0.15) is 51.9 Å². The van der Waals surface area contributed by atoms with Crippen LogP contribution in [0.2, 0.25) is 0 Å². The highest BCUT2D eigenvalue weighted by molar-refractivity contribution is 5.83. The van der Waals surface area contributed by atoms with Crippen molar-refractivity contribution < 1.29 is 9.59 Å². The molecule has 1 N–H and O–H groups in total. The largest absolute Gasteiger partial charge is 0.356 e. The van der Waals surface area contributed by atoms with E-state index in [-0.39, 0.29) is 16.7 Å². The van der Waals surface area contributed by atoms with Gasteiger partial charge in [-0.05, 0) is 31.1 Å². The molecule has 2 heterocycles. The van der Waals surface area contributed by atoms with E-state index < -0.39 is 0 Å². The maximum absolute atomic E-state index is 12.6. The van der Waals surface area contributed by atoms with Crippen LogP contribution in [-0.4, -0.2) is 36.3 Å². The van der Waals surface area contributed by atoms with Gasteiger partial charge in [-0.2, -0.15) is 0 Å². The molecule has 2 amide bonds. The minimum Gasteiger partial charge on any atom is -0.356 e. The maximum atomic E-state index is 12.6. The van der Waals surface area contributed by atoms with Crippen molar-refractivity contribution in [2.45, 2.75) is 51.9 Å². The molecule has 0 aromatic heterocycles. The second kappa shape index (κ2) is 4.50. The van der Waals surface area contributed by atoms with Crippen LogP contribution in [0.15, 0.2) is 0 Å². The Morgan fingerprint density at radius 2 is 1.79 bits per heavy atom. The lowest BCUT2D eigenvalue weighted by Gasteiger charge is -2.41.